The highest BCUT2D eigenvalue weighted by Crippen LogP contribution is 2.25. The monoisotopic (exact) mass is 382 g/mol. The minimum Gasteiger partial charge on any atom is -0.455 e. The van der Waals surface area contributed by atoms with E-state index in [1.807, 2.05) is 0 Å². The number of anilines is 1. The van der Waals surface area contributed by atoms with Crippen LogP contribution in [0.2, 0.25) is 0 Å². The Labute approximate surface area is 154 Å². The maximum absolute atomic E-state index is 12.5. The van der Waals surface area contributed by atoms with Gasteiger partial charge in [-0.25, -0.2) is 8.42 Å². The second-order valence-electron chi connectivity index (χ2n) is 6.25. The van der Waals surface area contributed by atoms with Crippen molar-refractivity contribution in [3.05, 3.63) is 24.3 Å². The van der Waals surface area contributed by atoms with Crippen molar-refractivity contribution >= 4 is 27.6 Å². The van der Waals surface area contributed by atoms with Gasteiger partial charge in [-0.15, -0.1) is 0 Å². The predicted molar refractivity (Wildman–Crippen MR) is 98.1 cm³/mol. The van der Waals surface area contributed by atoms with Crippen molar-refractivity contribution in [1.29, 1.82) is 0 Å². The molecule has 0 bridgehead atoms. The molecule has 1 N–H and O–H groups in total. The van der Waals surface area contributed by atoms with Crippen LogP contribution in [0.25, 0.3) is 0 Å². The first-order chi connectivity index (χ1) is 12.4. The minimum absolute atomic E-state index is 0.106. The van der Waals surface area contributed by atoms with Gasteiger partial charge in [0.2, 0.25) is 10.0 Å². The number of hydrogen-bond acceptors (Lipinski definition) is 5. The molecule has 1 aliphatic carbocycles. The first kappa shape index (κ1) is 20.4. The van der Waals surface area contributed by atoms with Crippen molar-refractivity contribution in [3.63, 3.8) is 0 Å². The summed E-state index contributed by atoms with van der Waals surface area (Å²) in [6.45, 7) is 3.90. The summed E-state index contributed by atoms with van der Waals surface area (Å²) >= 11 is 0. The Kier molecular flexibility index (Phi) is 7.16. The number of ether oxygens (including phenoxy) is 1. The van der Waals surface area contributed by atoms with Crippen molar-refractivity contribution in [2.45, 2.75) is 44.4 Å². The van der Waals surface area contributed by atoms with Crippen molar-refractivity contribution < 1.29 is 22.7 Å². The number of esters is 1. The van der Waals surface area contributed by atoms with Crippen molar-refractivity contribution in [3.8, 4) is 0 Å². The number of rotatable bonds is 8. The average Bonchev–Trinajstić information content (AvgIpc) is 3.15. The Hall–Kier alpha value is -1.93. The fraction of sp³-hybridized carbons (Fsp3) is 0.556. The van der Waals surface area contributed by atoms with Crippen LogP contribution in [0, 0.1) is 5.92 Å². The number of carbonyl (C=O) groups excluding carboxylic acids is 2. The van der Waals surface area contributed by atoms with Crippen molar-refractivity contribution in [2.75, 3.05) is 25.0 Å². The Morgan fingerprint density at radius 1 is 1.19 bits per heavy atom. The fourth-order valence-corrected chi connectivity index (χ4v) is 4.56. The molecular weight excluding hydrogens is 356 g/mol. The number of nitrogens with one attached hydrogen (secondary N) is 1. The summed E-state index contributed by atoms with van der Waals surface area (Å²) in [4.78, 5) is 23.9. The van der Waals surface area contributed by atoms with Gasteiger partial charge in [0.25, 0.3) is 5.91 Å². The van der Waals surface area contributed by atoms with Gasteiger partial charge in [-0.3, -0.25) is 9.59 Å². The first-order valence-electron chi connectivity index (χ1n) is 8.95. The zero-order valence-corrected chi connectivity index (χ0v) is 16.0. The Bertz CT molecular complexity index is 738. The molecule has 0 saturated heterocycles. The molecule has 26 heavy (non-hydrogen) atoms. The summed E-state index contributed by atoms with van der Waals surface area (Å²) in [5, 5.41) is 2.58. The number of nitrogens with zero attached hydrogens (tertiary/aromatic N) is 1. The largest absolute Gasteiger partial charge is 0.455 e. The zero-order chi connectivity index (χ0) is 19.2. The summed E-state index contributed by atoms with van der Waals surface area (Å²) in [6.07, 6.45) is 3.65. The van der Waals surface area contributed by atoms with Gasteiger partial charge in [0.1, 0.15) is 0 Å². The van der Waals surface area contributed by atoms with Gasteiger partial charge in [-0.1, -0.05) is 32.8 Å². The molecule has 0 radical (unpaired) electrons. The normalized spacial score (nSPS) is 15.2. The summed E-state index contributed by atoms with van der Waals surface area (Å²) in [5.74, 6) is -0.936. The summed E-state index contributed by atoms with van der Waals surface area (Å²) in [7, 11) is -3.60. The maximum atomic E-state index is 12.5. The Morgan fingerprint density at radius 2 is 1.85 bits per heavy atom. The third kappa shape index (κ3) is 5.04. The molecule has 0 spiro atoms. The molecular formula is C18H26N2O5S. The topological polar surface area (TPSA) is 92.8 Å². The van der Waals surface area contributed by atoms with E-state index >= 15 is 0 Å². The quantitative estimate of drug-likeness (QED) is 0.697. The smallest absolute Gasteiger partial charge is 0.309 e. The van der Waals surface area contributed by atoms with E-state index in [1.54, 1.807) is 26.0 Å². The minimum atomic E-state index is -3.60. The Morgan fingerprint density at radius 3 is 2.46 bits per heavy atom. The molecule has 1 fully saturated rings. The molecule has 0 aromatic heterocycles. The van der Waals surface area contributed by atoms with E-state index in [2.05, 4.69) is 5.32 Å². The lowest BCUT2D eigenvalue weighted by atomic mass is 10.1. The van der Waals surface area contributed by atoms with Gasteiger partial charge in [-0.2, -0.15) is 4.31 Å². The summed E-state index contributed by atoms with van der Waals surface area (Å²) in [5.41, 5.74) is 0.347. The van der Waals surface area contributed by atoms with E-state index in [1.165, 1.54) is 16.4 Å². The van der Waals surface area contributed by atoms with Crippen molar-refractivity contribution in [2.24, 2.45) is 5.92 Å². The molecule has 1 aromatic carbocycles. The van der Waals surface area contributed by atoms with Crippen LogP contribution in [-0.4, -0.2) is 44.3 Å². The van der Waals surface area contributed by atoms with E-state index in [-0.39, 0.29) is 23.4 Å². The lowest BCUT2D eigenvalue weighted by molar-refractivity contribution is -0.151. The SMILES string of the molecule is CCN(CC)S(=O)(=O)c1cccc(NC(=O)COC(=O)C2CCCC2)c1. The molecule has 1 amide bonds. The van der Waals surface area contributed by atoms with E-state index in [9.17, 15) is 18.0 Å². The maximum Gasteiger partial charge on any atom is 0.309 e. The van der Waals surface area contributed by atoms with Crippen LogP contribution in [0.4, 0.5) is 5.69 Å². The van der Waals surface area contributed by atoms with Crippen LogP contribution in [0.15, 0.2) is 29.2 Å². The van der Waals surface area contributed by atoms with Gasteiger partial charge in [0.15, 0.2) is 6.61 Å². The van der Waals surface area contributed by atoms with Crippen LogP contribution >= 0.6 is 0 Å². The standard InChI is InChI=1S/C18H26N2O5S/c1-3-20(4-2)26(23,24)16-11-7-10-15(12-16)19-17(21)13-25-18(22)14-8-5-6-9-14/h7,10-12,14H,3-6,8-9,13H2,1-2H3,(H,19,21). The van der Waals surface area contributed by atoms with E-state index in [0.717, 1.165) is 25.7 Å². The molecule has 2 rings (SSSR count). The van der Waals surface area contributed by atoms with Crippen LogP contribution in [0.3, 0.4) is 0 Å². The number of amides is 1. The molecule has 7 nitrogen and oxygen atoms in total. The third-order valence-electron chi connectivity index (χ3n) is 4.50. The molecule has 0 aliphatic heterocycles. The van der Waals surface area contributed by atoms with Gasteiger partial charge < -0.3 is 10.1 Å². The van der Waals surface area contributed by atoms with E-state index in [0.29, 0.717) is 18.8 Å². The van der Waals surface area contributed by atoms with Gasteiger partial charge >= 0.3 is 5.97 Å². The van der Waals surface area contributed by atoms with Gasteiger partial charge in [0, 0.05) is 18.8 Å². The number of hydrogen-bond donors (Lipinski definition) is 1. The number of carbonyl (C=O) groups is 2. The molecule has 0 heterocycles. The average molecular weight is 382 g/mol. The van der Waals surface area contributed by atoms with Gasteiger partial charge in [0.05, 0.1) is 10.8 Å². The highest BCUT2D eigenvalue weighted by molar-refractivity contribution is 7.89. The Balaban J connectivity index is 1.97. The van der Waals surface area contributed by atoms with Gasteiger partial charge in [-0.05, 0) is 31.0 Å². The van der Waals surface area contributed by atoms with Crippen LogP contribution in [0.1, 0.15) is 39.5 Å². The zero-order valence-electron chi connectivity index (χ0n) is 15.2. The second-order valence-corrected chi connectivity index (χ2v) is 8.19. The number of sulfonamides is 1. The van der Waals surface area contributed by atoms with Crippen LogP contribution in [0.5, 0.6) is 0 Å². The number of benzene rings is 1. The summed E-state index contributed by atoms with van der Waals surface area (Å²) in [6, 6.07) is 6.06. The second kappa shape index (κ2) is 9.14. The third-order valence-corrected chi connectivity index (χ3v) is 6.54. The highest BCUT2D eigenvalue weighted by Gasteiger charge is 2.25. The lowest BCUT2D eigenvalue weighted by Gasteiger charge is -2.18. The predicted octanol–water partition coefficient (Wildman–Crippen LogP) is 2.39. The summed E-state index contributed by atoms with van der Waals surface area (Å²) < 4.78 is 31.5. The molecule has 8 heteroatoms. The van der Waals surface area contributed by atoms with Crippen molar-refractivity contribution in [1.82, 2.24) is 4.31 Å². The molecule has 0 atom stereocenters. The molecule has 1 aliphatic rings. The lowest BCUT2D eigenvalue weighted by Crippen LogP contribution is -2.30. The highest BCUT2D eigenvalue weighted by atomic mass is 32.2. The molecule has 144 valence electrons. The van der Waals surface area contributed by atoms with Crippen LogP contribution < -0.4 is 5.32 Å². The molecule has 1 saturated carbocycles. The molecule has 0 unspecified atom stereocenters. The molecule has 1 aromatic rings. The first-order valence-corrected chi connectivity index (χ1v) is 10.4. The van der Waals surface area contributed by atoms with Crippen LogP contribution in [-0.2, 0) is 24.3 Å². The fourth-order valence-electron chi connectivity index (χ4n) is 3.06. The van der Waals surface area contributed by atoms with E-state index in [4.69, 9.17) is 4.74 Å². The van der Waals surface area contributed by atoms with E-state index < -0.39 is 15.9 Å².